The van der Waals surface area contributed by atoms with Crippen LogP contribution >= 0.6 is 0 Å². The molecule has 1 aromatic heterocycles. The summed E-state index contributed by atoms with van der Waals surface area (Å²) in [6.45, 7) is 3.02. The maximum Gasteiger partial charge on any atom is 0.128 e. The van der Waals surface area contributed by atoms with E-state index in [1.54, 1.807) is 26.6 Å². The van der Waals surface area contributed by atoms with Gasteiger partial charge in [0.05, 0.1) is 25.6 Å². The molecule has 1 atom stereocenters. The molecular weight excluding hydrogens is 362 g/mol. The van der Waals surface area contributed by atoms with Crippen LogP contribution in [0.25, 0.3) is 11.3 Å². The minimum atomic E-state index is 0.357. The fraction of sp³-hybridized carbons (Fsp3) is 0.333. The van der Waals surface area contributed by atoms with Crippen molar-refractivity contribution >= 4 is 0 Å². The van der Waals surface area contributed by atoms with Crippen LogP contribution in [-0.4, -0.2) is 42.2 Å². The van der Waals surface area contributed by atoms with E-state index in [1.165, 1.54) is 5.56 Å². The Balaban J connectivity index is 1.55. The van der Waals surface area contributed by atoms with Gasteiger partial charge < -0.3 is 9.47 Å². The van der Waals surface area contributed by atoms with Crippen LogP contribution in [0.5, 0.6) is 11.5 Å². The van der Waals surface area contributed by atoms with Crippen LogP contribution in [0.1, 0.15) is 30.0 Å². The number of aromatic nitrogens is 2. The predicted molar refractivity (Wildman–Crippen MR) is 114 cm³/mol. The highest BCUT2D eigenvalue weighted by molar-refractivity contribution is 5.69. The van der Waals surface area contributed by atoms with E-state index in [9.17, 15) is 0 Å². The van der Waals surface area contributed by atoms with Crippen molar-refractivity contribution in [1.29, 1.82) is 0 Å². The number of methoxy groups -OCH3 is 2. The molecule has 4 rings (SSSR count). The number of ether oxygens (including phenoxy) is 2. The number of likely N-dealkylation sites (tertiary alicyclic amines) is 1. The second-order valence-corrected chi connectivity index (χ2v) is 7.41. The van der Waals surface area contributed by atoms with Crippen LogP contribution < -0.4 is 9.47 Å². The van der Waals surface area contributed by atoms with Gasteiger partial charge in [-0.25, -0.2) is 0 Å². The van der Waals surface area contributed by atoms with Gasteiger partial charge in [-0.15, -0.1) is 0 Å². The van der Waals surface area contributed by atoms with Crippen LogP contribution in [0.4, 0.5) is 0 Å². The molecular formula is C24H27N3O2. The summed E-state index contributed by atoms with van der Waals surface area (Å²) in [5.41, 5.74) is 4.30. The van der Waals surface area contributed by atoms with Gasteiger partial charge in [-0.2, -0.15) is 0 Å². The minimum Gasteiger partial charge on any atom is -0.497 e. The molecule has 1 aliphatic rings. The molecule has 2 heterocycles. The van der Waals surface area contributed by atoms with Gasteiger partial charge in [0.15, 0.2) is 0 Å². The molecule has 5 heteroatoms. The van der Waals surface area contributed by atoms with E-state index in [4.69, 9.17) is 14.5 Å². The lowest BCUT2D eigenvalue weighted by atomic mass is 9.91. The average molecular weight is 389 g/mol. The van der Waals surface area contributed by atoms with E-state index in [-0.39, 0.29) is 0 Å². The molecule has 0 unspecified atom stereocenters. The van der Waals surface area contributed by atoms with E-state index in [0.29, 0.717) is 5.92 Å². The molecule has 150 valence electrons. The second-order valence-electron chi connectivity index (χ2n) is 7.41. The van der Waals surface area contributed by atoms with E-state index >= 15 is 0 Å². The van der Waals surface area contributed by atoms with Crippen LogP contribution in [0.3, 0.4) is 0 Å². The normalized spacial score (nSPS) is 17.1. The second kappa shape index (κ2) is 9.05. The molecule has 1 saturated heterocycles. The number of para-hydroxylation sites is 1. The van der Waals surface area contributed by atoms with Gasteiger partial charge in [0.1, 0.15) is 11.5 Å². The Labute approximate surface area is 172 Å². The van der Waals surface area contributed by atoms with Crippen molar-refractivity contribution < 1.29 is 9.47 Å². The first kappa shape index (κ1) is 19.4. The highest BCUT2D eigenvalue weighted by Gasteiger charge is 2.26. The fourth-order valence-corrected chi connectivity index (χ4v) is 4.11. The van der Waals surface area contributed by atoms with Crippen LogP contribution in [0.2, 0.25) is 0 Å². The third-order valence-corrected chi connectivity index (χ3v) is 5.55. The zero-order valence-corrected chi connectivity index (χ0v) is 17.0. The summed E-state index contributed by atoms with van der Waals surface area (Å²) in [7, 11) is 3.40. The Morgan fingerprint density at radius 1 is 0.966 bits per heavy atom. The summed E-state index contributed by atoms with van der Waals surface area (Å²) in [4.78, 5) is 12.0. The molecule has 1 aliphatic heterocycles. The zero-order chi connectivity index (χ0) is 20.1. The van der Waals surface area contributed by atoms with Crippen LogP contribution in [-0.2, 0) is 6.54 Å². The highest BCUT2D eigenvalue weighted by Crippen LogP contribution is 2.36. The van der Waals surface area contributed by atoms with Crippen LogP contribution in [0, 0.1) is 0 Å². The molecule has 3 aromatic rings. The summed E-state index contributed by atoms with van der Waals surface area (Å²) >= 11 is 0. The third-order valence-electron chi connectivity index (χ3n) is 5.55. The molecule has 0 bridgehead atoms. The smallest absolute Gasteiger partial charge is 0.128 e. The quantitative estimate of drug-likeness (QED) is 0.619. The zero-order valence-electron chi connectivity index (χ0n) is 17.0. The molecule has 0 spiro atoms. The van der Waals surface area contributed by atoms with E-state index in [0.717, 1.165) is 60.9 Å². The molecule has 0 N–H and O–H groups in total. The van der Waals surface area contributed by atoms with Gasteiger partial charge in [0, 0.05) is 37.0 Å². The molecule has 0 saturated carbocycles. The minimum absolute atomic E-state index is 0.357. The van der Waals surface area contributed by atoms with Crippen molar-refractivity contribution in [3.05, 3.63) is 72.2 Å². The van der Waals surface area contributed by atoms with Crippen LogP contribution in [0.15, 0.2) is 60.9 Å². The average Bonchev–Trinajstić information content (AvgIpc) is 2.80. The first-order chi connectivity index (χ1) is 14.3. The van der Waals surface area contributed by atoms with E-state index < -0.39 is 0 Å². The topological polar surface area (TPSA) is 47.5 Å². The summed E-state index contributed by atoms with van der Waals surface area (Å²) < 4.78 is 10.8. The lowest BCUT2D eigenvalue weighted by molar-refractivity contribution is 0.198. The maximum absolute atomic E-state index is 5.57. The third kappa shape index (κ3) is 4.40. The Bertz CT molecular complexity index is 943. The first-order valence-corrected chi connectivity index (χ1v) is 10.1. The Morgan fingerprint density at radius 3 is 2.55 bits per heavy atom. The van der Waals surface area contributed by atoms with Gasteiger partial charge >= 0.3 is 0 Å². The van der Waals surface area contributed by atoms with Gasteiger partial charge in [0.25, 0.3) is 0 Å². The van der Waals surface area contributed by atoms with Gasteiger partial charge in [-0.1, -0.05) is 24.3 Å². The predicted octanol–water partition coefficient (Wildman–Crippen LogP) is 4.54. The molecule has 29 heavy (non-hydrogen) atoms. The number of hydrogen-bond acceptors (Lipinski definition) is 5. The van der Waals surface area contributed by atoms with E-state index in [2.05, 4.69) is 28.1 Å². The molecule has 2 aromatic carbocycles. The highest BCUT2D eigenvalue weighted by atomic mass is 16.5. The number of rotatable bonds is 6. The maximum atomic E-state index is 5.57. The number of piperidine rings is 1. The number of nitrogens with zero attached hydrogens (tertiary/aromatic N) is 3. The largest absolute Gasteiger partial charge is 0.497 e. The van der Waals surface area contributed by atoms with Crippen molar-refractivity contribution in [3.63, 3.8) is 0 Å². The number of benzene rings is 2. The molecule has 1 fully saturated rings. The van der Waals surface area contributed by atoms with Crippen molar-refractivity contribution in [2.45, 2.75) is 25.3 Å². The van der Waals surface area contributed by atoms with Gasteiger partial charge in [0.2, 0.25) is 0 Å². The molecule has 0 aliphatic carbocycles. The van der Waals surface area contributed by atoms with Gasteiger partial charge in [-0.3, -0.25) is 14.9 Å². The van der Waals surface area contributed by atoms with Crippen molar-refractivity contribution in [2.24, 2.45) is 0 Å². The standard InChI is InChI=1S/C24H27N3O2/c1-28-20-11-9-18(10-12-20)16-27-15-5-6-19(17-27)23-24(26-14-13-25-23)21-7-3-4-8-22(21)29-2/h3-4,7-14,19H,5-6,15-17H2,1-2H3/t19-/m1/s1. The summed E-state index contributed by atoms with van der Waals surface area (Å²) in [5.74, 6) is 2.09. The molecule has 0 radical (unpaired) electrons. The van der Waals surface area contributed by atoms with Crippen molar-refractivity contribution in [3.8, 4) is 22.8 Å². The SMILES string of the molecule is COc1ccc(CN2CCC[C@@H](c3nccnc3-c3ccccc3OC)C2)cc1. The van der Waals surface area contributed by atoms with Gasteiger partial charge in [-0.05, 0) is 49.2 Å². The lowest BCUT2D eigenvalue weighted by Gasteiger charge is -2.33. The summed E-state index contributed by atoms with van der Waals surface area (Å²) in [6.07, 6.45) is 5.85. The fourth-order valence-electron chi connectivity index (χ4n) is 4.11. The monoisotopic (exact) mass is 389 g/mol. The Morgan fingerprint density at radius 2 is 1.76 bits per heavy atom. The Hall–Kier alpha value is -2.92. The van der Waals surface area contributed by atoms with Crippen molar-refractivity contribution in [1.82, 2.24) is 14.9 Å². The summed E-state index contributed by atoms with van der Waals surface area (Å²) in [6, 6.07) is 16.4. The molecule has 5 nitrogen and oxygen atoms in total. The van der Waals surface area contributed by atoms with E-state index in [1.807, 2.05) is 30.3 Å². The first-order valence-electron chi connectivity index (χ1n) is 10.1. The Kier molecular flexibility index (Phi) is 6.06. The summed E-state index contributed by atoms with van der Waals surface area (Å²) in [5, 5.41) is 0. The molecule has 0 amide bonds. The number of hydrogen-bond donors (Lipinski definition) is 0. The lowest BCUT2D eigenvalue weighted by Crippen LogP contribution is -2.34. The van der Waals surface area contributed by atoms with Crippen molar-refractivity contribution in [2.75, 3.05) is 27.3 Å².